The summed E-state index contributed by atoms with van der Waals surface area (Å²) in [4.78, 5) is 0. The van der Waals surface area contributed by atoms with Crippen LogP contribution in [0.25, 0.3) is 0 Å². The highest BCUT2D eigenvalue weighted by molar-refractivity contribution is 6.33. The Bertz CT molecular complexity index is 517. The zero-order valence-electron chi connectivity index (χ0n) is 8.78. The van der Waals surface area contributed by atoms with Crippen molar-refractivity contribution in [3.63, 3.8) is 0 Å². The van der Waals surface area contributed by atoms with Crippen molar-refractivity contribution in [2.75, 3.05) is 11.9 Å². The van der Waals surface area contributed by atoms with Crippen molar-refractivity contribution in [2.24, 2.45) is 5.73 Å². The maximum Gasteiger partial charge on any atom is 0.320 e. The van der Waals surface area contributed by atoms with Crippen LogP contribution in [0.5, 0.6) is 0 Å². The van der Waals surface area contributed by atoms with Gasteiger partial charge in [0.2, 0.25) is 5.89 Å². The van der Waals surface area contributed by atoms with Crippen LogP contribution < -0.4 is 11.1 Å². The Balaban J connectivity index is 2.16. The van der Waals surface area contributed by atoms with Crippen LogP contribution in [0.15, 0.2) is 22.6 Å². The number of benzene rings is 1. The fraction of sp³-hybridized carbons (Fsp3) is 0.200. The molecule has 0 amide bonds. The topological polar surface area (TPSA) is 77.0 Å². The zero-order chi connectivity index (χ0) is 12.3. The molecule has 2 aromatic rings. The second kappa shape index (κ2) is 5.11. The van der Waals surface area contributed by atoms with Gasteiger partial charge in [-0.05, 0) is 18.2 Å². The minimum Gasteiger partial charge on any atom is -0.408 e. The molecule has 2 rings (SSSR count). The van der Waals surface area contributed by atoms with Crippen LogP contribution in [0.1, 0.15) is 5.89 Å². The molecule has 0 fully saturated rings. The summed E-state index contributed by atoms with van der Waals surface area (Å²) < 4.78 is 18.2. The fourth-order valence-corrected chi connectivity index (χ4v) is 1.40. The van der Waals surface area contributed by atoms with Crippen LogP contribution in [0, 0.1) is 5.82 Å². The summed E-state index contributed by atoms with van der Waals surface area (Å²) in [7, 11) is 0. The largest absolute Gasteiger partial charge is 0.408 e. The summed E-state index contributed by atoms with van der Waals surface area (Å²) in [5.41, 5.74) is 5.72. The predicted octanol–water partition coefficient (Wildman–Crippen LogP) is 2.11. The number of hydrogen-bond donors (Lipinski definition) is 2. The monoisotopic (exact) mass is 256 g/mol. The van der Waals surface area contributed by atoms with E-state index in [0.29, 0.717) is 29.6 Å². The first-order valence-electron chi connectivity index (χ1n) is 4.93. The third-order valence-electron chi connectivity index (χ3n) is 2.00. The van der Waals surface area contributed by atoms with Crippen LogP contribution >= 0.6 is 11.6 Å². The Kier molecular flexibility index (Phi) is 3.55. The van der Waals surface area contributed by atoms with Crippen LogP contribution in [0.3, 0.4) is 0 Å². The van der Waals surface area contributed by atoms with Gasteiger partial charge >= 0.3 is 6.01 Å². The maximum atomic E-state index is 13.0. The maximum absolute atomic E-state index is 13.0. The van der Waals surface area contributed by atoms with Gasteiger partial charge in [-0.1, -0.05) is 16.7 Å². The van der Waals surface area contributed by atoms with E-state index in [-0.39, 0.29) is 6.01 Å². The lowest BCUT2D eigenvalue weighted by Crippen LogP contribution is -2.02. The Morgan fingerprint density at radius 2 is 2.24 bits per heavy atom. The molecule has 90 valence electrons. The van der Waals surface area contributed by atoms with Gasteiger partial charge in [0.15, 0.2) is 0 Å². The predicted molar refractivity (Wildman–Crippen MR) is 61.7 cm³/mol. The van der Waals surface area contributed by atoms with E-state index < -0.39 is 5.82 Å². The fourth-order valence-electron chi connectivity index (χ4n) is 1.24. The third-order valence-corrected chi connectivity index (χ3v) is 2.32. The quantitative estimate of drug-likeness (QED) is 0.876. The minimum atomic E-state index is -0.404. The van der Waals surface area contributed by atoms with E-state index in [4.69, 9.17) is 21.8 Å². The molecule has 0 bridgehead atoms. The van der Waals surface area contributed by atoms with Gasteiger partial charge in [-0.3, -0.25) is 0 Å². The van der Waals surface area contributed by atoms with E-state index in [1.54, 1.807) is 0 Å². The standard InChI is InChI=1S/C10H10ClFN4O/c11-7-2-1-6(12)5-8(7)14-10-16-15-9(17-10)3-4-13/h1-2,5H,3-4,13H2,(H,14,16). The molecule has 0 saturated carbocycles. The van der Waals surface area contributed by atoms with Crippen molar-refractivity contribution >= 4 is 23.3 Å². The van der Waals surface area contributed by atoms with Crippen molar-refractivity contribution in [3.05, 3.63) is 34.9 Å². The van der Waals surface area contributed by atoms with Crippen molar-refractivity contribution in [3.8, 4) is 0 Å². The molecule has 1 heterocycles. The lowest BCUT2D eigenvalue weighted by Gasteiger charge is -2.03. The number of hydrogen-bond acceptors (Lipinski definition) is 5. The Hall–Kier alpha value is -1.66. The number of nitrogens with one attached hydrogen (secondary N) is 1. The highest BCUT2D eigenvalue weighted by Gasteiger charge is 2.08. The lowest BCUT2D eigenvalue weighted by atomic mass is 10.3. The molecule has 0 radical (unpaired) electrons. The third kappa shape index (κ3) is 2.92. The van der Waals surface area contributed by atoms with Gasteiger partial charge in [0, 0.05) is 13.0 Å². The van der Waals surface area contributed by atoms with Gasteiger partial charge in [-0.2, -0.15) is 0 Å². The molecule has 0 atom stereocenters. The summed E-state index contributed by atoms with van der Waals surface area (Å²) in [5.74, 6) is 0.0149. The summed E-state index contributed by atoms with van der Waals surface area (Å²) >= 11 is 5.88. The molecule has 0 saturated heterocycles. The molecular formula is C10H10ClFN4O. The summed E-state index contributed by atoms with van der Waals surface area (Å²) in [6.45, 7) is 0.419. The molecule has 0 aliphatic rings. The molecule has 1 aromatic carbocycles. The Morgan fingerprint density at radius 3 is 3.00 bits per heavy atom. The van der Waals surface area contributed by atoms with E-state index >= 15 is 0 Å². The van der Waals surface area contributed by atoms with E-state index in [9.17, 15) is 4.39 Å². The van der Waals surface area contributed by atoms with Gasteiger partial charge in [-0.25, -0.2) is 4.39 Å². The molecule has 0 aliphatic heterocycles. The molecule has 1 aromatic heterocycles. The average Bonchev–Trinajstić information content (AvgIpc) is 2.72. The molecule has 3 N–H and O–H groups in total. The highest BCUT2D eigenvalue weighted by Crippen LogP contribution is 2.25. The van der Waals surface area contributed by atoms with Crippen LogP contribution in [-0.4, -0.2) is 16.7 Å². The molecule has 0 spiro atoms. The molecule has 17 heavy (non-hydrogen) atoms. The van der Waals surface area contributed by atoms with Gasteiger partial charge in [0.05, 0.1) is 10.7 Å². The van der Waals surface area contributed by atoms with E-state index in [0.717, 1.165) is 0 Å². The van der Waals surface area contributed by atoms with Crippen LogP contribution in [-0.2, 0) is 6.42 Å². The SMILES string of the molecule is NCCc1nnc(Nc2cc(F)ccc2Cl)o1. The van der Waals surface area contributed by atoms with Crippen molar-refractivity contribution in [2.45, 2.75) is 6.42 Å². The molecule has 7 heteroatoms. The first-order chi connectivity index (χ1) is 8.19. The second-order valence-electron chi connectivity index (χ2n) is 3.29. The number of nitrogens with zero attached hydrogens (tertiary/aromatic N) is 2. The van der Waals surface area contributed by atoms with E-state index in [2.05, 4.69) is 15.5 Å². The average molecular weight is 257 g/mol. The summed E-state index contributed by atoms with van der Waals surface area (Å²) in [6, 6.07) is 4.10. The molecule has 0 aliphatic carbocycles. The van der Waals surface area contributed by atoms with Gasteiger partial charge < -0.3 is 15.5 Å². The summed E-state index contributed by atoms with van der Waals surface area (Å²) in [5, 5.41) is 10.6. The van der Waals surface area contributed by atoms with Crippen molar-refractivity contribution in [1.82, 2.24) is 10.2 Å². The number of halogens is 2. The number of aromatic nitrogens is 2. The van der Waals surface area contributed by atoms with Crippen molar-refractivity contribution in [1.29, 1.82) is 0 Å². The van der Waals surface area contributed by atoms with E-state index in [1.165, 1.54) is 18.2 Å². The number of anilines is 2. The van der Waals surface area contributed by atoms with Gasteiger partial charge in [0.1, 0.15) is 5.82 Å². The highest BCUT2D eigenvalue weighted by atomic mass is 35.5. The first-order valence-corrected chi connectivity index (χ1v) is 5.31. The Labute approximate surface area is 102 Å². The molecular weight excluding hydrogens is 247 g/mol. The van der Waals surface area contributed by atoms with E-state index in [1.807, 2.05) is 0 Å². The van der Waals surface area contributed by atoms with Crippen LogP contribution in [0.4, 0.5) is 16.1 Å². The van der Waals surface area contributed by atoms with Gasteiger partial charge in [0.25, 0.3) is 0 Å². The Morgan fingerprint density at radius 1 is 1.41 bits per heavy atom. The smallest absolute Gasteiger partial charge is 0.320 e. The lowest BCUT2D eigenvalue weighted by molar-refractivity contribution is 0.509. The minimum absolute atomic E-state index is 0.154. The van der Waals surface area contributed by atoms with Crippen LogP contribution in [0.2, 0.25) is 5.02 Å². The molecule has 5 nitrogen and oxygen atoms in total. The number of nitrogens with two attached hydrogens (primary N) is 1. The zero-order valence-corrected chi connectivity index (χ0v) is 9.54. The normalized spacial score (nSPS) is 10.5. The van der Waals surface area contributed by atoms with Gasteiger partial charge in [-0.15, -0.1) is 5.10 Å². The number of rotatable bonds is 4. The first kappa shape index (κ1) is 11.8. The van der Waals surface area contributed by atoms with Crippen molar-refractivity contribution < 1.29 is 8.81 Å². The molecule has 0 unspecified atom stereocenters. The summed E-state index contributed by atoms with van der Waals surface area (Å²) in [6.07, 6.45) is 0.492. The second-order valence-corrected chi connectivity index (χ2v) is 3.70.